The third-order valence-electron chi connectivity index (χ3n) is 6.10. The summed E-state index contributed by atoms with van der Waals surface area (Å²) >= 11 is 0. The molecule has 0 aromatic rings. The van der Waals surface area contributed by atoms with Crippen LogP contribution in [0.15, 0.2) is 0 Å². The summed E-state index contributed by atoms with van der Waals surface area (Å²) in [5.41, 5.74) is -0.837. The van der Waals surface area contributed by atoms with Crippen LogP contribution in [-0.2, 0) is 14.3 Å². The molecule has 24 heavy (non-hydrogen) atoms. The second kappa shape index (κ2) is 7.28. The van der Waals surface area contributed by atoms with E-state index in [1.165, 1.54) is 0 Å². The molecule has 3 saturated heterocycles. The molecular formula is C18H31NO5. The van der Waals surface area contributed by atoms with Crippen molar-refractivity contribution in [3.8, 4) is 0 Å². The van der Waals surface area contributed by atoms with Crippen molar-refractivity contribution in [2.24, 2.45) is 11.3 Å². The minimum atomic E-state index is -0.837. The highest BCUT2D eigenvalue weighted by molar-refractivity contribution is 5.90. The summed E-state index contributed by atoms with van der Waals surface area (Å²) in [5, 5.41) is 20.7. The van der Waals surface area contributed by atoms with Crippen LogP contribution in [0.25, 0.3) is 0 Å². The molecule has 3 rings (SSSR count). The fraction of sp³-hybridized carbons (Fsp3) is 0.944. The molecule has 6 atom stereocenters. The van der Waals surface area contributed by atoms with Crippen molar-refractivity contribution in [3.63, 3.8) is 0 Å². The van der Waals surface area contributed by atoms with Crippen molar-refractivity contribution in [1.82, 2.24) is 4.90 Å². The standard InChI is InChI=1S/C18H31NO5/c1-12(15(21)13-7-3-5-9-23-13)16-18(2,11-20)17(22)19(16)14-8-4-6-10-24-14/h12-16,20-21H,3-11H2,1-2H3. The zero-order valence-corrected chi connectivity index (χ0v) is 14.8. The van der Waals surface area contributed by atoms with Gasteiger partial charge in [0.15, 0.2) is 0 Å². The zero-order valence-electron chi connectivity index (χ0n) is 14.8. The molecule has 3 fully saturated rings. The van der Waals surface area contributed by atoms with Crippen molar-refractivity contribution >= 4 is 5.91 Å². The van der Waals surface area contributed by atoms with E-state index in [-0.39, 0.29) is 36.8 Å². The van der Waals surface area contributed by atoms with Crippen molar-refractivity contribution in [2.45, 2.75) is 76.9 Å². The van der Waals surface area contributed by atoms with E-state index < -0.39 is 11.5 Å². The van der Waals surface area contributed by atoms with Crippen LogP contribution in [0.3, 0.4) is 0 Å². The van der Waals surface area contributed by atoms with Crippen LogP contribution in [0.5, 0.6) is 0 Å². The molecule has 2 N–H and O–H groups in total. The summed E-state index contributed by atoms with van der Waals surface area (Å²) in [5.74, 6) is -0.237. The average Bonchev–Trinajstić information content (AvgIpc) is 2.65. The van der Waals surface area contributed by atoms with Crippen LogP contribution in [0, 0.1) is 11.3 Å². The fourth-order valence-corrected chi connectivity index (χ4v) is 4.60. The first-order chi connectivity index (χ1) is 11.5. The van der Waals surface area contributed by atoms with Crippen molar-refractivity contribution < 1.29 is 24.5 Å². The van der Waals surface area contributed by atoms with Crippen molar-refractivity contribution in [2.75, 3.05) is 19.8 Å². The molecule has 0 saturated carbocycles. The molecule has 0 radical (unpaired) electrons. The highest BCUT2D eigenvalue weighted by Gasteiger charge is 2.62. The van der Waals surface area contributed by atoms with Gasteiger partial charge in [-0.2, -0.15) is 0 Å². The molecule has 6 nitrogen and oxygen atoms in total. The second-order valence-electron chi connectivity index (χ2n) is 7.81. The first kappa shape index (κ1) is 18.1. The number of amides is 1. The molecule has 1 amide bonds. The lowest BCUT2D eigenvalue weighted by Gasteiger charge is -2.59. The number of hydrogen-bond donors (Lipinski definition) is 2. The number of nitrogens with zero attached hydrogens (tertiary/aromatic N) is 1. The lowest BCUT2D eigenvalue weighted by Crippen LogP contribution is -2.75. The number of rotatable bonds is 5. The largest absolute Gasteiger partial charge is 0.395 e. The number of ether oxygens (including phenoxy) is 2. The summed E-state index contributed by atoms with van der Waals surface area (Å²) in [4.78, 5) is 14.5. The van der Waals surface area contributed by atoms with E-state index >= 15 is 0 Å². The average molecular weight is 341 g/mol. The lowest BCUT2D eigenvalue weighted by atomic mass is 9.65. The van der Waals surface area contributed by atoms with E-state index in [0.29, 0.717) is 13.2 Å². The smallest absolute Gasteiger partial charge is 0.235 e. The van der Waals surface area contributed by atoms with Gasteiger partial charge in [-0.15, -0.1) is 0 Å². The Kier molecular flexibility index (Phi) is 5.49. The van der Waals surface area contributed by atoms with Crippen LogP contribution in [0.4, 0.5) is 0 Å². The maximum Gasteiger partial charge on any atom is 0.235 e. The Hall–Kier alpha value is -0.690. The van der Waals surface area contributed by atoms with Gasteiger partial charge in [0.2, 0.25) is 5.91 Å². The number of carbonyl (C=O) groups excluding carboxylic acids is 1. The normalized spacial score (nSPS) is 40.1. The van der Waals surface area contributed by atoms with Gasteiger partial charge in [-0.1, -0.05) is 6.92 Å². The lowest BCUT2D eigenvalue weighted by molar-refractivity contribution is -0.225. The summed E-state index contributed by atoms with van der Waals surface area (Å²) < 4.78 is 11.5. The third-order valence-corrected chi connectivity index (χ3v) is 6.10. The Bertz CT molecular complexity index is 447. The van der Waals surface area contributed by atoms with Crippen LogP contribution in [0.2, 0.25) is 0 Å². The highest BCUT2D eigenvalue weighted by Crippen LogP contribution is 2.47. The van der Waals surface area contributed by atoms with Crippen molar-refractivity contribution in [3.05, 3.63) is 0 Å². The number of aliphatic hydroxyl groups is 2. The first-order valence-corrected chi connectivity index (χ1v) is 9.35. The first-order valence-electron chi connectivity index (χ1n) is 9.35. The molecule has 3 aliphatic rings. The van der Waals surface area contributed by atoms with Gasteiger partial charge in [0.1, 0.15) is 6.23 Å². The van der Waals surface area contributed by atoms with Gasteiger partial charge in [-0.25, -0.2) is 0 Å². The highest BCUT2D eigenvalue weighted by atomic mass is 16.5. The minimum absolute atomic E-state index is 0.0643. The monoisotopic (exact) mass is 341 g/mol. The Morgan fingerprint density at radius 1 is 1.21 bits per heavy atom. The van der Waals surface area contributed by atoms with Gasteiger partial charge in [-0.05, 0) is 45.4 Å². The van der Waals surface area contributed by atoms with E-state index in [1.54, 1.807) is 11.8 Å². The number of aliphatic hydroxyl groups excluding tert-OH is 2. The Morgan fingerprint density at radius 3 is 2.42 bits per heavy atom. The van der Waals surface area contributed by atoms with Crippen LogP contribution >= 0.6 is 0 Å². The second-order valence-corrected chi connectivity index (χ2v) is 7.81. The van der Waals surface area contributed by atoms with Gasteiger partial charge < -0.3 is 24.6 Å². The van der Waals surface area contributed by atoms with Gasteiger partial charge >= 0.3 is 0 Å². The number of likely N-dealkylation sites (tertiary alicyclic amines) is 1. The summed E-state index contributed by atoms with van der Waals surface area (Å²) in [6, 6.07) is -0.223. The zero-order chi connectivity index (χ0) is 17.3. The molecule has 6 heteroatoms. The SMILES string of the molecule is CC(C(O)C1CCCCO1)C1N(C2CCCCO2)C(=O)C1(C)CO. The van der Waals surface area contributed by atoms with Gasteiger partial charge in [0.05, 0.1) is 30.3 Å². The molecule has 0 bridgehead atoms. The summed E-state index contributed by atoms with van der Waals surface area (Å²) in [6.45, 7) is 4.90. The molecular weight excluding hydrogens is 310 g/mol. The van der Waals surface area contributed by atoms with Gasteiger partial charge in [0, 0.05) is 19.1 Å². The molecule has 0 aliphatic carbocycles. The maximum absolute atomic E-state index is 12.7. The minimum Gasteiger partial charge on any atom is -0.395 e. The predicted octanol–water partition coefficient (Wildman–Crippen LogP) is 1.29. The number of β-lactam (4-membered cyclic amide) rings is 1. The van der Waals surface area contributed by atoms with E-state index in [1.807, 2.05) is 6.92 Å². The van der Waals surface area contributed by atoms with Crippen molar-refractivity contribution in [1.29, 1.82) is 0 Å². The molecule has 0 aromatic heterocycles. The third kappa shape index (κ3) is 2.98. The van der Waals surface area contributed by atoms with Crippen LogP contribution in [0.1, 0.15) is 52.4 Å². The van der Waals surface area contributed by atoms with E-state index in [4.69, 9.17) is 9.47 Å². The molecule has 0 spiro atoms. The molecule has 3 aliphatic heterocycles. The van der Waals surface area contributed by atoms with E-state index in [9.17, 15) is 15.0 Å². The van der Waals surface area contributed by atoms with Gasteiger partial charge in [-0.3, -0.25) is 4.79 Å². The topological polar surface area (TPSA) is 79.2 Å². The maximum atomic E-state index is 12.7. The summed E-state index contributed by atoms with van der Waals surface area (Å²) in [7, 11) is 0. The Morgan fingerprint density at radius 2 is 1.88 bits per heavy atom. The summed E-state index contributed by atoms with van der Waals surface area (Å²) in [6.07, 6.45) is 4.79. The predicted molar refractivity (Wildman–Crippen MR) is 88.2 cm³/mol. The molecule has 0 aromatic carbocycles. The fourth-order valence-electron chi connectivity index (χ4n) is 4.60. The van der Waals surface area contributed by atoms with E-state index in [0.717, 1.165) is 38.5 Å². The molecule has 138 valence electrons. The van der Waals surface area contributed by atoms with Crippen LogP contribution < -0.4 is 0 Å². The Balaban J connectivity index is 1.76. The molecule has 6 unspecified atom stereocenters. The van der Waals surface area contributed by atoms with E-state index in [2.05, 4.69) is 0 Å². The Labute approximate surface area is 144 Å². The number of hydrogen-bond acceptors (Lipinski definition) is 5. The molecule has 3 heterocycles. The number of carbonyl (C=O) groups is 1. The quantitative estimate of drug-likeness (QED) is 0.737. The van der Waals surface area contributed by atoms with Gasteiger partial charge in [0.25, 0.3) is 0 Å². The van der Waals surface area contributed by atoms with Crippen LogP contribution in [-0.4, -0.2) is 65.3 Å².